The number of nitrogens with zero attached hydrogens (tertiary/aromatic N) is 1. The second-order valence-electron chi connectivity index (χ2n) is 4.98. The molecule has 0 aromatic heterocycles. The van der Waals surface area contributed by atoms with Gasteiger partial charge in [0.1, 0.15) is 0 Å². The molecule has 1 nitrogen and oxygen atoms in total. The van der Waals surface area contributed by atoms with Crippen molar-refractivity contribution >= 4 is 0 Å². The van der Waals surface area contributed by atoms with Crippen LogP contribution in [0.2, 0.25) is 0 Å². The zero-order valence-corrected chi connectivity index (χ0v) is 7.93. The summed E-state index contributed by atoms with van der Waals surface area (Å²) in [5, 5.41) is 0. The molecule has 3 unspecified atom stereocenters. The first kappa shape index (κ1) is 7.60. The minimum Gasteiger partial charge on any atom is -0.306 e. The maximum atomic E-state index is 2.48. The van der Waals surface area contributed by atoms with Crippen LogP contribution in [0.4, 0.5) is 0 Å². The summed E-state index contributed by atoms with van der Waals surface area (Å²) in [6.07, 6.45) is 5.93. The van der Waals surface area contributed by atoms with Gasteiger partial charge in [-0.2, -0.15) is 0 Å². The largest absolute Gasteiger partial charge is 0.306 e. The Hall–Kier alpha value is -0.0400. The minimum absolute atomic E-state index is 0.675. The van der Waals surface area contributed by atoms with E-state index in [2.05, 4.69) is 25.9 Å². The molecule has 0 radical (unpaired) electrons. The Labute approximate surface area is 69.8 Å². The van der Waals surface area contributed by atoms with E-state index in [4.69, 9.17) is 0 Å². The van der Waals surface area contributed by atoms with Crippen LogP contribution >= 0.6 is 0 Å². The Morgan fingerprint density at radius 1 is 1.36 bits per heavy atom. The predicted molar refractivity (Wildman–Crippen MR) is 47.5 cm³/mol. The van der Waals surface area contributed by atoms with Gasteiger partial charge in [0.2, 0.25) is 0 Å². The zero-order valence-electron chi connectivity index (χ0n) is 7.93. The van der Waals surface area contributed by atoms with Gasteiger partial charge in [-0.15, -0.1) is 0 Å². The lowest BCUT2D eigenvalue weighted by molar-refractivity contribution is 0.136. The van der Waals surface area contributed by atoms with Crippen molar-refractivity contribution in [3.05, 3.63) is 0 Å². The lowest BCUT2D eigenvalue weighted by Crippen LogP contribution is -2.39. The molecule has 1 heteroatoms. The quantitative estimate of drug-likeness (QED) is 0.558. The Morgan fingerprint density at radius 3 is 2.36 bits per heavy atom. The summed E-state index contributed by atoms with van der Waals surface area (Å²) in [6.45, 7) is 2.48. The number of hydrogen-bond donors (Lipinski definition) is 0. The first-order chi connectivity index (χ1) is 5.12. The highest BCUT2D eigenvalue weighted by atomic mass is 15.1. The summed E-state index contributed by atoms with van der Waals surface area (Å²) in [7, 11) is 4.47. The van der Waals surface area contributed by atoms with Crippen molar-refractivity contribution < 1.29 is 0 Å². The van der Waals surface area contributed by atoms with Crippen LogP contribution in [0.25, 0.3) is 0 Å². The van der Waals surface area contributed by atoms with Crippen LogP contribution in [-0.2, 0) is 0 Å². The lowest BCUT2D eigenvalue weighted by atomic mass is 9.81. The smallest absolute Gasteiger partial charge is 0.0146 e. The molecule has 2 aliphatic carbocycles. The topological polar surface area (TPSA) is 3.24 Å². The summed E-state index contributed by atoms with van der Waals surface area (Å²) < 4.78 is 0. The molecule has 2 bridgehead atoms. The molecular weight excluding hydrogens is 134 g/mol. The molecule has 0 saturated heterocycles. The van der Waals surface area contributed by atoms with Crippen molar-refractivity contribution in [3.8, 4) is 0 Å². The minimum atomic E-state index is 0.675. The molecule has 11 heavy (non-hydrogen) atoms. The van der Waals surface area contributed by atoms with E-state index in [0.717, 1.165) is 12.0 Å². The van der Waals surface area contributed by atoms with Gasteiger partial charge >= 0.3 is 0 Å². The molecular formula is C10H19N. The third kappa shape index (κ3) is 1.01. The SMILES string of the molecule is CN(C)C1CC2CCC1(C)C2. The summed E-state index contributed by atoms with van der Waals surface area (Å²) in [6, 6.07) is 0.876. The highest BCUT2D eigenvalue weighted by Gasteiger charge is 2.49. The van der Waals surface area contributed by atoms with Gasteiger partial charge in [0.25, 0.3) is 0 Å². The maximum Gasteiger partial charge on any atom is 0.0146 e. The zero-order chi connectivity index (χ0) is 8.06. The van der Waals surface area contributed by atoms with Crippen LogP contribution < -0.4 is 0 Å². The molecule has 2 fully saturated rings. The molecule has 2 rings (SSSR count). The Morgan fingerprint density at radius 2 is 2.09 bits per heavy atom. The van der Waals surface area contributed by atoms with Crippen molar-refractivity contribution in [3.63, 3.8) is 0 Å². The Kier molecular flexibility index (Phi) is 1.54. The van der Waals surface area contributed by atoms with E-state index >= 15 is 0 Å². The van der Waals surface area contributed by atoms with E-state index in [1.165, 1.54) is 25.7 Å². The van der Waals surface area contributed by atoms with Gasteiger partial charge in [-0.05, 0) is 51.1 Å². The van der Waals surface area contributed by atoms with Crippen LogP contribution in [-0.4, -0.2) is 25.0 Å². The fourth-order valence-electron chi connectivity index (χ4n) is 3.34. The van der Waals surface area contributed by atoms with E-state index in [1.54, 1.807) is 0 Å². The molecule has 0 N–H and O–H groups in total. The van der Waals surface area contributed by atoms with Crippen molar-refractivity contribution in [2.45, 2.75) is 38.6 Å². The van der Waals surface area contributed by atoms with Crippen LogP contribution in [0.15, 0.2) is 0 Å². The molecule has 3 atom stereocenters. The average molecular weight is 153 g/mol. The van der Waals surface area contributed by atoms with Gasteiger partial charge in [0.05, 0.1) is 0 Å². The molecule has 0 aromatic rings. The molecule has 64 valence electrons. The molecule has 0 heterocycles. The van der Waals surface area contributed by atoms with Gasteiger partial charge in [-0.1, -0.05) is 6.92 Å². The van der Waals surface area contributed by atoms with Crippen LogP contribution in [0, 0.1) is 11.3 Å². The van der Waals surface area contributed by atoms with Gasteiger partial charge in [-0.3, -0.25) is 0 Å². The normalized spacial score (nSPS) is 49.1. The van der Waals surface area contributed by atoms with Crippen molar-refractivity contribution in [1.82, 2.24) is 4.90 Å². The number of hydrogen-bond acceptors (Lipinski definition) is 1. The molecule has 0 amide bonds. The van der Waals surface area contributed by atoms with Crippen LogP contribution in [0.3, 0.4) is 0 Å². The van der Waals surface area contributed by atoms with E-state index < -0.39 is 0 Å². The standard InChI is InChI=1S/C10H19N/c1-10-5-4-8(7-10)6-9(10)11(2)3/h8-9H,4-7H2,1-3H3. The highest BCUT2D eigenvalue weighted by Crippen LogP contribution is 2.54. The maximum absolute atomic E-state index is 2.48. The number of rotatable bonds is 1. The number of fused-ring (bicyclic) bond motifs is 2. The summed E-state index contributed by atoms with van der Waals surface area (Å²) in [5.74, 6) is 1.06. The molecule has 2 aliphatic rings. The Bertz CT molecular complexity index is 164. The monoisotopic (exact) mass is 153 g/mol. The van der Waals surface area contributed by atoms with Crippen LogP contribution in [0.1, 0.15) is 32.6 Å². The second kappa shape index (κ2) is 2.22. The van der Waals surface area contributed by atoms with E-state index in [1.807, 2.05) is 0 Å². The van der Waals surface area contributed by atoms with Crippen molar-refractivity contribution in [1.29, 1.82) is 0 Å². The predicted octanol–water partition coefficient (Wildman–Crippen LogP) is 2.13. The van der Waals surface area contributed by atoms with E-state index in [9.17, 15) is 0 Å². The third-order valence-electron chi connectivity index (χ3n) is 3.86. The molecule has 0 aliphatic heterocycles. The fraction of sp³-hybridized carbons (Fsp3) is 1.00. The average Bonchev–Trinajstić information content (AvgIpc) is 2.41. The summed E-state index contributed by atoms with van der Waals surface area (Å²) in [5.41, 5.74) is 0.675. The van der Waals surface area contributed by atoms with Gasteiger partial charge < -0.3 is 4.90 Å². The summed E-state index contributed by atoms with van der Waals surface area (Å²) in [4.78, 5) is 2.43. The summed E-state index contributed by atoms with van der Waals surface area (Å²) >= 11 is 0. The fourth-order valence-corrected chi connectivity index (χ4v) is 3.34. The van der Waals surface area contributed by atoms with Gasteiger partial charge in [-0.25, -0.2) is 0 Å². The van der Waals surface area contributed by atoms with E-state index in [-0.39, 0.29) is 0 Å². The first-order valence-electron chi connectivity index (χ1n) is 4.78. The van der Waals surface area contributed by atoms with Crippen molar-refractivity contribution in [2.24, 2.45) is 11.3 Å². The van der Waals surface area contributed by atoms with Crippen molar-refractivity contribution in [2.75, 3.05) is 14.1 Å². The lowest BCUT2D eigenvalue weighted by Gasteiger charge is -2.36. The first-order valence-corrected chi connectivity index (χ1v) is 4.78. The molecule has 0 aromatic carbocycles. The Balaban J connectivity index is 2.15. The molecule has 0 spiro atoms. The third-order valence-corrected chi connectivity index (χ3v) is 3.86. The van der Waals surface area contributed by atoms with Gasteiger partial charge in [0, 0.05) is 6.04 Å². The highest BCUT2D eigenvalue weighted by molar-refractivity contribution is 5.02. The van der Waals surface area contributed by atoms with Gasteiger partial charge in [0.15, 0.2) is 0 Å². The van der Waals surface area contributed by atoms with Crippen LogP contribution in [0.5, 0.6) is 0 Å². The second-order valence-corrected chi connectivity index (χ2v) is 4.98. The van der Waals surface area contributed by atoms with E-state index in [0.29, 0.717) is 5.41 Å². The molecule has 2 saturated carbocycles.